The van der Waals surface area contributed by atoms with Gasteiger partial charge in [-0.15, -0.1) is 11.3 Å². The number of esters is 1. The van der Waals surface area contributed by atoms with E-state index in [1.807, 2.05) is 32.0 Å². The number of benzene rings is 1. The predicted octanol–water partition coefficient (Wildman–Crippen LogP) is 3.78. The minimum atomic E-state index is -1.02. The van der Waals surface area contributed by atoms with Gasteiger partial charge in [0, 0.05) is 22.0 Å². The van der Waals surface area contributed by atoms with Crippen molar-refractivity contribution in [2.75, 3.05) is 6.61 Å². The fourth-order valence-corrected chi connectivity index (χ4v) is 3.55. The number of thiazole rings is 1. The van der Waals surface area contributed by atoms with Gasteiger partial charge in [-0.2, -0.15) is 5.26 Å². The lowest BCUT2D eigenvalue weighted by Crippen LogP contribution is -2.20. The molecule has 2 heterocycles. The summed E-state index contributed by atoms with van der Waals surface area (Å²) in [6.07, 6.45) is 1.53. The highest BCUT2D eigenvalue weighted by Gasteiger charge is 2.24. The minimum absolute atomic E-state index is 0.00361. The first-order valence-corrected chi connectivity index (χ1v) is 9.24. The van der Waals surface area contributed by atoms with E-state index in [1.54, 1.807) is 12.3 Å². The molecule has 2 aromatic heterocycles. The molecular formula is C20H18N2O4S. The summed E-state index contributed by atoms with van der Waals surface area (Å²) in [4.78, 5) is 28.5. The van der Waals surface area contributed by atoms with Gasteiger partial charge in [-0.1, -0.05) is 0 Å². The van der Waals surface area contributed by atoms with Gasteiger partial charge in [0.15, 0.2) is 18.3 Å². The monoisotopic (exact) mass is 382 g/mol. The molecule has 0 aliphatic carbocycles. The second kappa shape index (κ2) is 7.72. The van der Waals surface area contributed by atoms with Crippen LogP contribution in [0.2, 0.25) is 0 Å². The van der Waals surface area contributed by atoms with Crippen molar-refractivity contribution in [2.45, 2.75) is 33.1 Å². The number of Topliss-reactive ketones (excluding diaryl/α,β-unsaturated/α-hetero) is 1. The highest BCUT2D eigenvalue weighted by Crippen LogP contribution is 2.25. The third-order valence-electron chi connectivity index (χ3n) is 4.32. The number of hydrogen-bond acceptors (Lipinski definition) is 7. The van der Waals surface area contributed by atoms with Crippen LogP contribution in [-0.2, 0) is 20.7 Å². The second-order valence-electron chi connectivity index (χ2n) is 6.39. The standard InChI is InChI=1S/C20H18N2O4S/c1-11-4-15-14(8-25-18(15)5-12(11)2)6-19(24)26-9-17(23)16(7-21)20-22-13(3)10-27-20/h4-5,8,10,16H,6,9H2,1-3H3/t16-/m0/s1. The van der Waals surface area contributed by atoms with E-state index in [-0.39, 0.29) is 6.42 Å². The zero-order valence-electron chi connectivity index (χ0n) is 15.2. The molecule has 0 saturated carbocycles. The van der Waals surface area contributed by atoms with Gasteiger partial charge < -0.3 is 9.15 Å². The molecule has 3 rings (SSSR count). The minimum Gasteiger partial charge on any atom is -0.464 e. The van der Waals surface area contributed by atoms with Crippen LogP contribution in [0.4, 0.5) is 0 Å². The molecule has 0 saturated heterocycles. The Kier molecular flexibility index (Phi) is 5.38. The summed E-state index contributed by atoms with van der Waals surface area (Å²) >= 11 is 1.25. The average molecular weight is 382 g/mol. The fraction of sp³-hybridized carbons (Fsp3) is 0.300. The third kappa shape index (κ3) is 4.07. The second-order valence-corrected chi connectivity index (χ2v) is 7.28. The van der Waals surface area contributed by atoms with Crippen molar-refractivity contribution in [1.82, 2.24) is 4.98 Å². The lowest BCUT2D eigenvalue weighted by atomic mass is 10.0. The molecule has 0 amide bonds. The van der Waals surface area contributed by atoms with Crippen LogP contribution in [0.3, 0.4) is 0 Å². The zero-order valence-corrected chi connectivity index (χ0v) is 16.1. The Balaban J connectivity index is 1.64. The normalized spacial score (nSPS) is 11.9. The van der Waals surface area contributed by atoms with Gasteiger partial charge in [0.25, 0.3) is 0 Å². The highest BCUT2D eigenvalue weighted by molar-refractivity contribution is 7.09. The molecule has 3 aromatic rings. The molecule has 0 aliphatic rings. The topological polar surface area (TPSA) is 93.2 Å². The average Bonchev–Trinajstić information content (AvgIpc) is 3.21. The summed E-state index contributed by atoms with van der Waals surface area (Å²) < 4.78 is 10.6. The Bertz CT molecular complexity index is 1060. The molecule has 6 nitrogen and oxygen atoms in total. The maximum atomic E-state index is 12.2. The van der Waals surface area contributed by atoms with Gasteiger partial charge in [0.1, 0.15) is 10.6 Å². The molecule has 0 radical (unpaired) electrons. The van der Waals surface area contributed by atoms with E-state index in [0.29, 0.717) is 16.2 Å². The van der Waals surface area contributed by atoms with Gasteiger partial charge >= 0.3 is 5.97 Å². The van der Waals surface area contributed by atoms with E-state index in [4.69, 9.17) is 9.15 Å². The van der Waals surface area contributed by atoms with Crippen LogP contribution in [0, 0.1) is 32.1 Å². The van der Waals surface area contributed by atoms with E-state index < -0.39 is 24.3 Å². The fourth-order valence-electron chi connectivity index (χ4n) is 2.68. The Morgan fingerprint density at radius 1 is 1.30 bits per heavy atom. The number of fused-ring (bicyclic) bond motifs is 1. The molecule has 7 heteroatoms. The first-order valence-electron chi connectivity index (χ1n) is 8.36. The third-order valence-corrected chi connectivity index (χ3v) is 5.34. The first kappa shape index (κ1) is 18.8. The van der Waals surface area contributed by atoms with Crippen molar-refractivity contribution in [3.05, 3.63) is 51.2 Å². The van der Waals surface area contributed by atoms with E-state index >= 15 is 0 Å². The molecule has 0 spiro atoms. The zero-order chi connectivity index (χ0) is 19.6. The number of aryl methyl sites for hydroxylation is 3. The maximum absolute atomic E-state index is 12.2. The van der Waals surface area contributed by atoms with Crippen molar-refractivity contribution >= 4 is 34.1 Å². The van der Waals surface area contributed by atoms with Gasteiger partial charge in [-0.25, -0.2) is 4.98 Å². The van der Waals surface area contributed by atoms with Crippen molar-refractivity contribution in [3.63, 3.8) is 0 Å². The molecule has 138 valence electrons. The van der Waals surface area contributed by atoms with E-state index in [0.717, 1.165) is 22.2 Å². The van der Waals surface area contributed by atoms with Crippen LogP contribution >= 0.6 is 11.3 Å². The molecule has 0 bridgehead atoms. The molecule has 1 atom stereocenters. The van der Waals surface area contributed by atoms with Crippen molar-refractivity contribution < 1.29 is 18.7 Å². The van der Waals surface area contributed by atoms with Gasteiger partial charge in [-0.05, 0) is 44.0 Å². The Hall–Kier alpha value is -2.98. The van der Waals surface area contributed by atoms with Crippen LogP contribution in [0.5, 0.6) is 0 Å². The van der Waals surface area contributed by atoms with E-state index in [1.165, 1.54) is 17.6 Å². The number of carbonyl (C=O) groups excluding carboxylic acids is 2. The quantitative estimate of drug-likeness (QED) is 0.602. The lowest BCUT2D eigenvalue weighted by molar-refractivity contribution is -0.147. The van der Waals surface area contributed by atoms with Crippen molar-refractivity contribution in [2.24, 2.45) is 0 Å². The van der Waals surface area contributed by atoms with Gasteiger partial charge in [0.05, 0.1) is 18.8 Å². The van der Waals surface area contributed by atoms with Crippen LogP contribution in [0.15, 0.2) is 28.2 Å². The van der Waals surface area contributed by atoms with E-state index in [2.05, 4.69) is 4.98 Å². The first-order chi connectivity index (χ1) is 12.9. The SMILES string of the molecule is Cc1csc([C@@H](C#N)C(=O)COC(=O)Cc2coc3cc(C)c(C)cc23)n1. The molecule has 27 heavy (non-hydrogen) atoms. The molecule has 0 unspecified atom stereocenters. The van der Waals surface area contributed by atoms with Crippen LogP contribution < -0.4 is 0 Å². The molecule has 1 aromatic carbocycles. The molecular weight excluding hydrogens is 364 g/mol. The van der Waals surface area contributed by atoms with E-state index in [9.17, 15) is 14.9 Å². The summed E-state index contributed by atoms with van der Waals surface area (Å²) in [5.41, 5.74) is 4.37. The maximum Gasteiger partial charge on any atom is 0.310 e. The van der Waals surface area contributed by atoms with Gasteiger partial charge in [0.2, 0.25) is 0 Å². The number of carbonyl (C=O) groups is 2. The Labute approximate surface area is 160 Å². The number of nitriles is 1. The largest absolute Gasteiger partial charge is 0.464 e. The molecule has 0 fully saturated rings. The number of furan rings is 1. The predicted molar refractivity (Wildman–Crippen MR) is 101 cm³/mol. The number of rotatable bonds is 6. The summed E-state index contributed by atoms with van der Waals surface area (Å²) in [7, 11) is 0. The van der Waals surface area contributed by atoms with Crippen LogP contribution in [-0.4, -0.2) is 23.3 Å². The Morgan fingerprint density at radius 2 is 2.04 bits per heavy atom. The van der Waals surface area contributed by atoms with Crippen molar-refractivity contribution in [3.8, 4) is 6.07 Å². The summed E-state index contributed by atoms with van der Waals surface area (Å²) in [6, 6.07) is 5.83. The smallest absolute Gasteiger partial charge is 0.310 e. The van der Waals surface area contributed by atoms with Gasteiger partial charge in [-0.3, -0.25) is 9.59 Å². The number of ether oxygens (including phenoxy) is 1. The number of nitrogens with zero attached hydrogens (tertiary/aromatic N) is 2. The van der Waals surface area contributed by atoms with Crippen molar-refractivity contribution in [1.29, 1.82) is 5.26 Å². The van der Waals surface area contributed by atoms with Crippen LogP contribution in [0.1, 0.15) is 33.3 Å². The molecule has 0 aliphatic heterocycles. The van der Waals surface area contributed by atoms with Crippen LogP contribution in [0.25, 0.3) is 11.0 Å². The Morgan fingerprint density at radius 3 is 2.70 bits per heavy atom. The number of aromatic nitrogens is 1. The molecule has 0 N–H and O–H groups in total. The number of hydrogen-bond donors (Lipinski definition) is 0. The lowest BCUT2D eigenvalue weighted by Gasteiger charge is -2.07. The summed E-state index contributed by atoms with van der Waals surface area (Å²) in [5, 5.41) is 12.3. The summed E-state index contributed by atoms with van der Waals surface area (Å²) in [6.45, 7) is 5.32. The highest BCUT2D eigenvalue weighted by atomic mass is 32.1. The number of ketones is 1. The summed E-state index contributed by atoms with van der Waals surface area (Å²) in [5.74, 6) is -2.04.